The fourth-order valence-electron chi connectivity index (χ4n) is 3.92. The molecule has 0 amide bonds. The summed E-state index contributed by atoms with van der Waals surface area (Å²) in [5, 5.41) is 88.2. The van der Waals surface area contributed by atoms with E-state index in [9.17, 15) is 59.4 Å². The Balaban J connectivity index is -0.000000270. The van der Waals surface area contributed by atoms with Crippen molar-refractivity contribution in [1.29, 1.82) is 0 Å². The second-order valence-electron chi connectivity index (χ2n) is 8.31. The normalized spacial score (nSPS) is 13.8. The van der Waals surface area contributed by atoms with Gasteiger partial charge in [0.15, 0.2) is 5.60 Å². The Morgan fingerprint density at radius 3 is 1.13 bits per heavy atom. The van der Waals surface area contributed by atoms with Gasteiger partial charge in [-0.05, 0) is 25.7 Å². The van der Waals surface area contributed by atoms with Crippen molar-refractivity contribution < 1.29 is 101 Å². The van der Waals surface area contributed by atoms with E-state index < -0.39 is 70.7 Å². The number of carboxylic acid groups (broad SMARTS) is 6. The summed E-state index contributed by atoms with van der Waals surface area (Å²) in [5.74, 6) is -10.8. The Hall–Kier alpha value is -2.42. The monoisotopic (exact) mass is 642 g/mol. The third-order valence-electron chi connectivity index (χ3n) is 6.50. The van der Waals surface area contributed by atoms with Crippen LogP contribution in [-0.2, 0) is 55.0 Å². The first kappa shape index (κ1) is 43.6. The van der Waals surface area contributed by atoms with Crippen LogP contribution in [0.1, 0.15) is 79.6 Å². The van der Waals surface area contributed by atoms with Crippen LogP contribution in [0.3, 0.4) is 0 Å². The van der Waals surface area contributed by atoms with Crippen LogP contribution in [-0.4, -0.2) is 79.2 Å². The molecule has 2 unspecified atom stereocenters. The molecule has 0 radical (unpaired) electrons. The van der Waals surface area contributed by atoms with Gasteiger partial charge in [0.2, 0.25) is 0 Å². The molecular weight excluding hydrogens is 607 g/mol. The van der Waals surface area contributed by atoms with Crippen molar-refractivity contribution in [3.05, 3.63) is 0 Å². The molecular formula is C23H36O15Zr. The van der Waals surface area contributed by atoms with Crippen LogP contribution >= 0.6 is 0 Å². The second kappa shape index (κ2) is 18.8. The molecule has 0 aliphatic carbocycles. The Labute approximate surface area is 244 Å². The van der Waals surface area contributed by atoms with Crippen molar-refractivity contribution in [3.63, 3.8) is 0 Å². The summed E-state index contributed by atoms with van der Waals surface area (Å²) in [5.41, 5.74) is -10.1. The Morgan fingerprint density at radius 1 is 0.615 bits per heavy atom. The zero-order chi connectivity index (χ0) is 31.1. The summed E-state index contributed by atoms with van der Waals surface area (Å²) in [6.07, 6.45) is -2.77. The van der Waals surface area contributed by atoms with E-state index in [1.54, 1.807) is 0 Å². The van der Waals surface area contributed by atoms with Crippen molar-refractivity contribution in [3.8, 4) is 0 Å². The van der Waals surface area contributed by atoms with E-state index in [1.807, 2.05) is 6.92 Å². The average Bonchev–Trinajstić information content (AvgIpc) is 2.80. The summed E-state index contributed by atoms with van der Waals surface area (Å²) in [6.45, 7) is 7.35. The van der Waals surface area contributed by atoms with E-state index >= 15 is 0 Å². The van der Waals surface area contributed by atoms with Gasteiger partial charge < -0.3 is 60.3 Å². The number of rotatable bonds is 15. The maximum atomic E-state index is 11.2. The molecule has 0 saturated heterocycles. The Bertz CT molecular complexity index is 767. The average molecular weight is 644 g/mol. The van der Waals surface area contributed by atoms with Crippen LogP contribution < -0.4 is 20.4 Å². The van der Waals surface area contributed by atoms with Crippen molar-refractivity contribution in [2.75, 3.05) is 6.61 Å². The van der Waals surface area contributed by atoms with E-state index in [0.717, 1.165) is 6.42 Å². The van der Waals surface area contributed by atoms with Gasteiger partial charge in [-0.3, -0.25) is 9.59 Å². The van der Waals surface area contributed by atoms with Crippen molar-refractivity contribution >= 4 is 35.8 Å². The van der Waals surface area contributed by atoms with E-state index in [0.29, 0.717) is 0 Å². The van der Waals surface area contributed by atoms with Gasteiger partial charge in [0.1, 0.15) is 11.0 Å². The van der Waals surface area contributed by atoms with Gasteiger partial charge in [-0.2, -0.15) is 0 Å². The molecule has 0 bridgehead atoms. The fraction of sp³-hybridized carbons (Fsp3) is 0.739. The molecule has 16 heteroatoms. The van der Waals surface area contributed by atoms with E-state index in [4.69, 9.17) is 15.3 Å². The van der Waals surface area contributed by atoms with Gasteiger partial charge in [0.25, 0.3) is 0 Å². The summed E-state index contributed by atoms with van der Waals surface area (Å²) in [7, 11) is 0. The third-order valence-corrected chi connectivity index (χ3v) is 6.50. The van der Waals surface area contributed by atoms with E-state index in [1.165, 1.54) is 27.7 Å². The molecule has 0 aliphatic heterocycles. The molecule has 2 atom stereocenters. The Morgan fingerprint density at radius 2 is 0.974 bits per heavy atom. The first-order valence-electron chi connectivity index (χ1n) is 11.6. The summed E-state index contributed by atoms with van der Waals surface area (Å²) >= 11 is 0. The topological polar surface area (TPSA) is 296 Å². The van der Waals surface area contributed by atoms with Gasteiger partial charge in [0, 0.05) is 17.8 Å². The number of hydrogen-bond acceptors (Lipinski definition) is 12. The molecule has 0 aliphatic rings. The maximum absolute atomic E-state index is 11.2. The fourth-order valence-corrected chi connectivity index (χ4v) is 3.92. The molecule has 0 aromatic carbocycles. The number of aliphatic carboxylic acids is 6. The van der Waals surface area contributed by atoms with Gasteiger partial charge in [-0.25, -0.2) is 4.79 Å². The van der Waals surface area contributed by atoms with Crippen LogP contribution in [0.5, 0.6) is 0 Å². The second-order valence-corrected chi connectivity index (χ2v) is 8.31. The molecule has 5 N–H and O–H groups in total. The minimum absolute atomic E-state index is 0. The number of carbonyl (C=O) groups excluding carboxylic acids is 3. The maximum Gasteiger partial charge on any atom is 4.00 e. The molecule has 15 nitrogen and oxygen atoms in total. The van der Waals surface area contributed by atoms with Gasteiger partial charge >= 0.3 is 44.1 Å². The molecule has 0 aromatic heterocycles. The van der Waals surface area contributed by atoms with E-state index in [2.05, 4.69) is 0 Å². The van der Waals surface area contributed by atoms with Crippen molar-refractivity contribution in [2.45, 2.75) is 90.8 Å². The van der Waals surface area contributed by atoms with Crippen LogP contribution in [0.2, 0.25) is 0 Å². The largest absolute Gasteiger partial charge is 4.00 e. The predicted octanol–water partition coefficient (Wildman–Crippen LogP) is -3.91. The zero-order valence-electron chi connectivity index (χ0n) is 22.5. The molecule has 222 valence electrons. The first-order valence-corrected chi connectivity index (χ1v) is 11.6. The van der Waals surface area contributed by atoms with Gasteiger partial charge in [0.05, 0.1) is 18.4 Å². The van der Waals surface area contributed by atoms with E-state index in [-0.39, 0.29) is 58.5 Å². The van der Waals surface area contributed by atoms with Crippen LogP contribution in [0.4, 0.5) is 0 Å². The third kappa shape index (κ3) is 10.2. The van der Waals surface area contributed by atoms with Crippen LogP contribution in [0, 0.1) is 10.8 Å². The smallest absolute Gasteiger partial charge is 0.854 e. The van der Waals surface area contributed by atoms with Crippen molar-refractivity contribution in [2.24, 2.45) is 10.8 Å². The summed E-state index contributed by atoms with van der Waals surface area (Å²) in [6, 6.07) is 0. The molecule has 0 heterocycles. The van der Waals surface area contributed by atoms with Crippen LogP contribution in [0.25, 0.3) is 0 Å². The number of hydrogen-bond donors (Lipinski definition) is 5. The van der Waals surface area contributed by atoms with Crippen molar-refractivity contribution in [1.82, 2.24) is 0 Å². The summed E-state index contributed by atoms with van der Waals surface area (Å²) in [4.78, 5) is 65.2. The van der Waals surface area contributed by atoms with Gasteiger partial charge in [-0.15, -0.1) is 6.61 Å². The molecule has 0 rings (SSSR count). The van der Waals surface area contributed by atoms with Gasteiger partial charge in [-0.1, -0.05) is 41.0 Å². The molecule has 0 saturated carbocycles. The number of carbonyl (C=O) groups is 6. The zero-order valence-corrected chi connectivity index (χ0v) is 24.9. The molecule has 0 fully saturated rings. The quantitative estimate of drug-likeness (QED) is 0.114. The minimum Gasteiger partial charge on any atom is -0.854 e. The molecule has 0 aromatic rings. The Kier molecular flexibility index (Phi) is 21.0. The molecule has 0 spiro atoms. The predicted molar refractivity (Wildman–Crippen MR) is 118 cm³/mol. The standard InChI is InChI=1S/2C10H16O7.C3H7O.Zr/c2*1-3-9(4-2,7(13)14)10(17,8(15)16)5-6(11)12;1-2-3-4;/h2*17H,3-5H2,1-2H3,(H,11,12)(H,13,14)(H,15,16);2-3H2,1H3;/q;;-1;+4/p-3. The first-order chi connectivity index (χ1) is 17.3. The summed E-state index contributed by atoms with van der Waals surface area (Å²) < 4.78 is 0. The minimum atomic E-state index is -3.06. The number of carboxylic acids is 6. The molecule has 39 heavy (non-hydrogen) atoms. The van der Waals surface area contributed by atoms with Crippen LogP contribution in [0.15, 0.2) is 0 Å². The SMILES string of the molecule is CCC(CC)(C(=O)O)C(O)(CC(=O)O)C(=O)O.CCC(CC)(C(=O)[O-])C(O)(CC(=O)[O-])C(=O)[O-].CCC[O-].[Zr+4]. The number of aliphatic hydroxyl groups is 2.